The maximum absolute atomic E-state index is 14.4. The third-order valence-corrected chi connectivity index (χ3v) is 4.59. The third-order valence-electron chi connectivity index (χ3n) is 4.59. The molecule has 0 amide bonds. The van der Waals surface area contributed by atoms with Crippen molar-refractivity contribution in [3.63, 3.8) is 0 Å². The number of halogens is 1. The summed E-state index contributed by atoms with van der Waals surface area (Å²) in [6.45, 7) is 2.38. The van der Waals surface area contributed by atoms with E-state index in [1.807, 2.05) is 48.0 Å². The first kappa shape index (κ1) is 14.7. The van der Waals surface area contributed by atoms with Crippen molar-refractivity contribution < 1.29 is 14.2 Å². The Morgan fingerprint density at radius 1 is 1.42 bits per heavy atom. The summed E-state index contributed by atoms with van der Waals surface area (Å²) in [6, 6.07) is 10.9. The highest BCUT2D eigenvalue weighted by Gasteiger charge is 2.30. The van der Waals surface area contributed by atoms with Crippen molar-refractivity contribution in [2.45, 2.75) is 19.4 Å². The number of fused-ring (bicyclic) bond motifs is 2. The summed E-state index contributed by atoms with van der Waals surface area (Å²) in [6.07, 6.45) is 1.86. The zero-order chi connectivity index (χ0) is 16.8. The smallest absolute Gasteiger partial charge is 0.146 e. The van der Waals surface area contributed by atoms with E-state index >= 15 is 0 Å². The first-order valence-electron chi connectivity index (χ1n) is 7.75. The number of nitriles is 1. The summed E-state index contributed by atoms with van der Waals surface area (Å²) in [4.78, 5) is 0. The molecule has 0 radical (unpaired) electrons. The fourth-order valence-electron chi connectivity index (χ4n) is 3.43. The van der Waals surface area contributed by atoms with Gasteiger partial charge >= 0.3 is 0 Å². The highest BCUT2D eigenvalue weighted by molar-refractivity contribution is 5.86. The van der Waals surface area contributed by atoms with Crippen LogP contribution in [0.4, 0.5) is 4.39 Å². The highest BCUT2D eigenvalue weighted by Crippen LogP contribution is 2.42. The molecule has 0 bridgehead atoms. The van der Waals surface area contributed by atoms with Crippen LogP contribution in [0, 0.1) is 17.1 Å². The van der Waals surface area contributed by atoms with E-state index in [9.17, 15) is 14.8 Å². The first-order chi connectivity index (χ1) is 11.7. The first-order valence-corrected chi connectivity index (χ1v) is 7.75. The SMILES string of the molecule is CC1COc2c(C#N)c(F)cc(-n3ccc4c(CO)cccc43)c21. The summed E-state index contributed by atoms with van der Waals surface area (Å²) in [7, 11) is 0. The molecule has 1 aromatic heterocycles. The zero-order valence-corrected chi connectivity index (χ0v) is 13.1. The molecule has 2 heterocycles. The van der Waals surface area contributed by atoms with E-state index in [0.717, 1.165) is 22.0 Å². The van der Waals surface area contributed by atoms with Crippen LogP contribution in [0.5, 0.6) is 5.75 Å². The number of ether oxygens (including phenoxy) is 1. The molecule has 120 valence electrons. The summed E-state index contributed by atoms with van der Waals surface area (Å²) < 4.78 is 21.9. The molecule has 1 aliphatic heterocycles. The van der Waals surface area contributed by atoms with Gasteiger partial charge in [0.15, 0.2) is 0 Å². The zero-order valence-electron chi connectivity index (χ0n) is 13.1. The number of aliphatic hydroxyl groups excluding tert-OH is 1. The minimum Gasteiger partial charge on any atom is -0.491 e. The topological polar surface area (TPSA) is 58.2 Å². The molecule has 5 heteroatoms. The normalized spacial score (nSPS) is 16.0. The number of aliphatic hydroxyl groups is 1. The van der Waals surface area contributed by atoms with Crippen molar-refractivity contribution in [3.05, 3.63) is 59.0 Å². The van der Waals surface area contributed by atoms with Crippen LogP contribution in [-0.4, -0.2) is 16.3 Å². The summed E-state index contributed by atoms with van der Waals surface area (Å²) in [5.74, 6) is -0.165. The molecule has 0 spiro atoms. The van der Waals surface area contributed by atoms with Gasteiger partial charge in [0.25, 0.3) is 0 Å². The van der Waals surface area contributed by atoms with Crippen molar-refractivity contribution in [2.75, 3.05) is 6.61 Å². The molecule has 1 atom stereocenters. The van der Waals surface area contributed by atoms with Crippen LogP contribution in [0.25, 0.3) is 16.6 Å². The molecule has 1 unspecified atom stereocenters. The second kappa shape index (κ2) is 5.36. The van der Waals surface area contributed by atoms with E-state index in [1.54, 1.807) is 0 Å². The predicted octanol–water partition coefficient (Wildman–Crippen LogP) is 3.63. The molecule has 3 aromatic rings. The number of hydrogen-bond acceptors (Lipinski definition) is 3. The van der Waals surface area contributed by atoms with Gasteiger partial charge in [0.1, 0.15) is 23.2 Å². The van der Waals surface area contributed by atoms with Gasteiger partial charge in [0, 0.05) is 23.1 Å². The molecule has 2 aromatic carbocycles. The Hall–Kier alpha value is -2.84. The third kappa shape index (κ3) is 1.93. The Bertz CT molecular complexity index is 1000. The van der Waals surface area contributed by atoms with E-state index in [-0.39, 0.29) is 18.1 Å². The van der Waals surface area contributed by atoms with Crippen molar-refractivity contribution in [1.29, 1.82) is 5.26 Å². The van der Waals surface area contributed by atoms with Crippen LogP contribution in [0.1, 0.15) is 29.5 Å². The number of nitrogens with zero attached hydrogens (tertiary/aromatic N) is 2. The fraction of sp³-hybridized carbons (Fsp3) is 0.211. The molecule has 1 N–H and O–H groups in total. The minimum atomic E-state index is -0.583. The lowest BCUT2D eigenvalue weighted by atomic mass is 9.98. The van der Waals surface area contributed by atoms with Crippen LogP contribution >= 0.6 is 0 Å². The van der Waals surface area contributed by atoms with E-state index in [0.29, 0.717) is 18.0 Å². The molecule has 4 rings (SSSR count). The van der Waals surface area contributed by atoms with Crippen LogP contribution in [0.15, 0.2) is 36.5 Å². The van der Waals surface area contributed by atoms with Gasteiger partial charge in [-0.1, -0.05) is 19.1 Å². The van der Waals surface area contributed by atoms with Gasteiger partial charge in [-0.3, -0.25) is 0 Å². The lowest BCUT2D eigenvalue weighted by Gasteiger charge is -2.14. The van der Waals surface area contributed by atoms with E-state index in [1.165, 1.54) is 6.07 Å². The Morgan fingerprint density at radius 3 is 3.00 bits per heavy atom. The van der Waals surface area contributed by atoms with E-state index in [4.69, 9.17) is 4.74 Å². The Morgan fingerprint density at radius 2 is 2.25 bits per heavy atom. The van der Waals surface area contributed by atoms with Crippen molar-refractivity contribution >= 4 is 10.9 Å². The molecule has 0 aliphatic carbocycles. The molecule has 4 nitrogen and oxygen atoms in total. The van der Waals surface area contributed by atoms with Gasteiger partial charge in [-0.25, -0.2) is 4.39 Å². The Balaban J connectivity index is 2.04. The van der Waals surface area contributed by atoms with Crippen molar-refractivity contribution in [1.82, 2.24) is 4.57 Å². The molecular weight excluding hydrogens is 307 g/mol. The van der Waals surface area contributed by atoms with Crippen molar-refractivity contribution in [3.8, 4) is 17.5 Å². The molecule has 1 aliphatic rings. The maximum Gasteiger partial charge on any atom is 0.146 e. The minimum absolute atomic E-state index is 0.0365. The number of hydrogen-bond donors (Lipinski definition) is 1. The second-order valence-electron chi connectivity index (χ2n) is 6.01. The number of benzene rings is 2. The molecule has 0 saturated heterocycles. The fourth-order valence-corrected chi connectivity index (χ4v) is 3.43. The standard InChI is InChI=1S/C19H15FN2O2/c1-11-10-24-19-14(8-21)15(20)7-17(18(11)19)22-6-5-13-12(9-23)3-2-4-16(13)22/h2-7,11,23H,9-10H2,1H3. The molecule has 24 heavy (non-hydrogen) atoms. The Labute approximate surface area is 138 Å². The van der Waals surface area contributed by atoms with Gasteiger partial charge in [-0.15, -0.1) is 0 Å². The van der Waals surface area contributed by atoms with Gasteiger partial charge in [-0.05, 0) is 23.8 Å². The van der Waals surface area contributed by atoms with Crippen LogP contribution < -0.4 is 4.74 Å². The van der Waals surface area contributed by atoms with Gasteiger partial charge in [0.2, 0.25) is 0 Å². The van der Waals surface area contributed by atoms with Crippen molar-refractivity contribution in [2.24, 2.45) is 0 Å². The van der Waals surface area contributed by atoms with E-state index in [2.05, 4.69) is 0 Å². The number of rotatable bonds is 2. The van der Waals surface area contributed by atoms with Crippen LogP contribution in [0.2, 0.25) is 0 Å². The molecule has 0 saturated carbocycles. The quantitative estimate of drug-likeness (QED) is 0.784. The average Bonchev–Trinajstić information content (AvgIpc) is 3.18. The number of aromatic nitrogens is 1. The lowest BCUT2D eigenvalue weighted by Crippen LogP contribution is -2.02. The van der Waals surface area contributed by atoms with Gasteiger partial charge < -0.3 is 14.4 Å². The van der Waals surface area contributed by atoms with Gasteiger partial charge in [-0.2, -0.15) is 5.26 Å². The monoisotopic (exact) mass is 322 g/mol. The molecule has 0 fully saturated rings. The van der Waals surface area contributed by atoms with E-state index < -0.39 is 5.82 Å². The maximum atomic E-state index is 14.4. The summed E-state index contributed by atoms with van der Waals surface area (Å²) >= 11 is 0. The predicted molar refractivity (Wildman–Crippen MR) is 87.8 cm³/mol. The van der Waals surface area contributed by atoms with Crippen LogP contribution in [0.3, 0.4) is 0 Å². The van der Waals surface area contributed by atoms with Gasteiger partial charge in [0.05, 0.1) is 24.4 Å². The summed E-state index contributed by atoms with van der Waals surface area (Å²) in [5, 5.41) is 19.6. The largest absolute Gasteiger partial charge is 0.491 e. The lowest BCUT2D eigenvalue weighted by molar-refractivity contribution is 0.283. The second-order valence-corrected chi connectivity index (χ2v) is 6.01. The summed E-state index contributed by atoms with van der Waals surface area (Å²) in [5.41, 5.74) is 3.19. The van der Waals surface area contributed by atoms with Crippen LogP contribution in [-0.2, 0) is 6.61 Å². The average molecular weight is 322 g/mol. The Kier molecular flexibility index (Phi) is 3.29. The highest BCUT2D eigenvalue weighted by atomic mass is 19.1. The molecular formula is C19H15FN2O2.